The Bertz CT molecular complexity index is 1790. The number of hydrogen-bond donors (Lipinski definition) is 4. The van der Waals surface area contributed by atoms with Gasteiger partial charge in [-0.25, -0.2) is 14.6 Å². The van der Waals surface area contributed by atoms with E-state index < -0.39 is 28.7 Å². The zero-order valence-electron chi connectivity index (χ0n) is 22.3. The molecule has 1 unspecified atom stereocenters. The molecule has 4 aromatic carbocycles. The van der Waals surface area contributed by atoms with Crippen molar-refractivity contribution in [3.8, 4) is 11.3 Å². The minimum Gasteiger partial charge on any atom is -0.478 e. The van der Waals surface area contributed by atoms with Gasteiger partial charge in [0.05, 0.1) is 22.4 Å². The summed E-state index contributed by atoms with van der Waals surface area (Å²) in [6.45, 7) is 0. The summed E-state index contributed by atoms with van der Waals surface area (Å²) in [5, 5.41) is 26.0. The number of carbonyl (C=O) groups is 4. The summed E-state index contributed by atoms with van der Waals surface area (Å²) in [6, 6.07) is 29.1. The lowest BCUT2D eigenvalue weighted by molar-refractivity contribution is -0.115. The number of aromatic nitrogens is 1. The highest BCUT2D eigenvalue weighted by Crippen LogP contribution is 2.37. The Hall–Kier alpha value is -5.26. The third-order valence-electron chi connectivity index (χ3n) is 6.25. The maximum atomic E-state index is 13.5. The largest absolute Gasteiger partial charge is 0.478 e. The Kier molecular flexibility index (Phi) is 8.94. The van der Waals surface area contributed by atoms with Crippen molar-refractivity contribution in [1.29, 1.82) is 0 Å². The molecule has 0 saturated heterocycles. The van der Waals surface area contributed by atoms with Crippen LogP contribution in [0.1, 0.15) is 41.9 Å². The zero-order chi connectivity index (χ0) is 30.3. The molecule has 1 heterocycles. The number of carboxylic acids is 2. The quantitative estimate of drug-likeness (QED) is 0.125. The molecule has 0 bridgehead atoms. The summed E-state index contributed by atoms with van der Waals surface area (Å²) in [5.41, 5.74) is 2.09. The number of anilines is 2. The van der Waals surface area contributed by atoms with Crippen LogP contribution in [0, 0.1) is 0 Å². The summed E-state index contributed by atoms with van der Waals surface area (Å²) >= 11 is 2.67. The molecule has 9 nitrogen and oxygen atoms in total. The van der Waals surface area contributed by atoms with Crippen molar-refractivity contribution in [3.05, 3.63) is 131 Å². The molecule has 0 saturated carbocycles. The van der Waals surface area contributed by atoms with E-state index in [0.717, 1.165) is 27.8 Å². The van der Waals surface area contributed by atoms with Crippen LogP contribution in [-0.4, -0.2) is 39.0 Å². The molecule has 4 N–H and O–H groups in total. The molecule has 5 aromatic rings. The predicted molar refractivity (Wildman–Crippen MR) is 166 cm³/mol. The second-order valence-electron chi connectivity index (χ2n) is 9.15. The molecule has 0 radical (unpaired) electrons. The fourth-order valence-corrected chi connectivity index (χ4v) is 5.90. The molecule has 0 aliphatic carbocycles. The highest BCUT2D eigenvalue weighted by atomic mass is 32.2. The third kappa shape index (κ3) is 7.15. The number of thiazole rings is 1. The minimum atomic E-state index is -1.42. The number of aromatic carboxylic acids is 2. The van der Waals surface area contributed by atoms with Crippen LogP contribution in [0.2, 0.25) is 0 Å². The second kappa shape index (κ2) is 13.1. The lowest BCUT2D eigenvalue weighted by Gasteiger charge is -2.16. The Morgan fingerprint density at radius 2 is 1.42 bits per heavy atom. The molecule has 0 aliphatic heterocycles. The van der Waals surface area contributed by atoms with Crippen molar-refractivity contribution in [2.75, 3.05) is 10.6 Å². The maximum absolute atomic E-state index is 13.5. The summed E-state index contributed by atoms with van der Waals surface area (Å²) < 4.78 is 0. The fraction of sp³-hybridized carbons (Fsp3) is 0.0312. The van der Waals surface area contributed by atoms with Crippen LogP contribution in [0.3, 0.4) is 0 Å². The number of rotatable bonds is 10. The van der Waals surface area contributed by atoms with E-state index in [4.69, 9.17) is 5.11 Å². The van der Waals surface area contributed by atoms with Gasteiger partial charge in [-0.3, -0.25) is 9.59 Å². The second-order valence-corrected chi connectivity index (χ2v) is 11.2. The van der Waals surface area contributed by atoms with E-state index in [0.29, 0.717) is 10.8 Å². The maximum Gasteiger partial charge on any atom is 0.336 e. The van der Waals surface area contributed by atoms with Crippen LogP contribution >= 0.6 is 23.1 Å². The average Bonchev–Trinajstić information content (AvgIpc) is 3.49. The first-order valence-electron chi connectivity index (χ1n) is 12.8. The zero-order valence-corrected chi connectivity index (χ0v) is 23.9. The Morgan fingerprint density at radius 1 is 0.744 bits per heavy atom. The molecule has 214 valence electrons. The number of benzene rings is 4. The molecule has 2 amide bonds. The van der Waals surface area contributed by atoms with Gasteiger partial charge in [0.15, 0.2) is 5.13 Å². The van der Waals surface area contributed by atoms with E-state index in [-0.39, 0.29) is 17.0 Å². The van der Waals surface area contributed by atoms with Gasteiger partial charge in [-0.1, -0.05) is 60.7 Å². The number of carbonyl (C=O) groups excluding carboxylic acids is 2. The first-order valence-corrected chi connectivity index (χ1v) is 14.6. The lowest BCUT2D eigenvalue weighted by Crippen LogP contribution is -2.19. The highest BCUT2D eigenvalue weighted by Gasteiger charge is 2.24. The van der Waals surface area contributed by atoms with Crippen LogP contribution in [0.25, 0.3) is 11.3 Å². The van der Waals surface area contributed by atoms with Crippen molar-refractivity contribution >= 4 is 57.7 Å². The van der Waals surface area contributed by atoms with Crippen LogP contribution in [0.5, 0.6) is 0 Å². The Morgan fingerprint density at radius 3 is 2.07 bits per heavy atom. The predicted octanol–water partition coefficient (Wildman–Crippen LogP) is 6.93. The molecule has 0 aliphatic rings. The molecule has 1 atom stereocenters. The van der Waals surface area contributed by atoms with Crippen molar-refractivity contribution in [1.82, 2.24) is 4.98 Å². The fourth-order valence-electron chi connectivity index (χ4n) is 4.15. The Labute approximate surface area is 254 Å². The number of carboxylic acid groups (broad SMARTS) is 2. The molecule has 0 spiro atoms. The van der Waals surface area contributed by atoms with Crippen molar-refractivity contribution in [3.63, 3.8) is 0 Å². The van der Waals surface area contributed by atoms with Crippen molar-refractivity contribution in [2.24, 2.45) is 0 Å². The van der Waals surface area contributed by atoms with Crippen LogP contribution in [-0.2, 0) is 4.79 Å². The van der Waals surface area contributed by atoms with Gasteiger partial charge in [-0.05, 0) is 48.0 Å². The van der Waals surface area contributed by atoms with Gasteiger partial charge in [-0.2, -0.15) is 0 Å². The molecular weight excluding hydrogens is 587 g/mol. The van der Waals surface area contributed by atoms with Crippen molar-refractivity contribution < 1.29 is 29.4 Å². The standard InChI is InChI=1S/C32H23N3O6S2/c36-28(24-16-11-21(30(38)39)17-25(24)31(40)41)33-22-12-14-23(15-13-22)43-27(20-9-5-2-6-10-20)29(37)35-32-34-26(18-42-32)19-7-3-1-4-8-19/h1-18,27H,(H,33,36)(H,38,39)(H,40,41)(H,34,35,37). The van der Waals surface area contributed by atoms with Crippen LogP contribution in [0.4, 0.5) is 10.8 Å². The highest BCUT2D eigenvalue weighted by molar-refractivity contribution is 8.00. The SMILES string of the molecule is O=C(O)c1ccc(C(=O)Nc2ccc(SC(C(=O)Nc3nc(-c4ccccc4)cs3)c3ccccc3)cc2)c(C(=O)O)c1. The molecule has 5 rings (SSSR count). The van der Waals surface area contributed by atoms with Gasteiger partial charge in [0.2, 0.25) is 5.91 Å². The number of hydrogen-bond acceptors (Lipinski definition) is 7. The monoisotopic (exact) mass is 609 g/mol. The summed E-state index contributed by atoms with van der Waals surface area (Å²) in [7, 11) is 0. The van der Waals surface area contributed by atoms with Crippen molar-refractivity contribution in [2.45, 2.75) is 10.1 Å². The molecular formula is C32H23N3O6S2. The smallest absolute Gasteiger partial charge is 0.336 e. The summed E-state index contributed by atoms with van der Waals surface area (Å²) in [4.78, 5) is 54.5. The average molecular weight is 610 g/mol. The van der Waals surface area contributed by atoms with Gasteiger partial charge < -0.3 is 20.8 Å². The minimum absolute atomic E-state index is 0.172. The van der Waals surface area contributed by atoms with Crippen LogP contribution < -0.4 is 10.6 Å². The van der Waals surface area contributed by atoms with Crippen LogP contribution in [0.15, 0.2) is 113 Å². The first-order chi connectivity index (χ1) is 20.8. The molecule has 1 aromatic heterocycles. The van der Waals surface area contributed by atoms with E-state index in [1.807, 2.05) is 66.0 Å². The molecule has 0 fully saturated rings. The third-order valence-corrected chi connectivity index (χ3v) is 8.28. The van der Waals surface area contributed by atoms with E-state index in [9.17, 15) is 24.3 Å². The van der Waals surface area contributed by atoms with E-state index in [2.05, 4.69) is 15.6 Å². The number of nitrogens with one attached hydrogen (secondary N) is 2. The van der Waals surface area contributed by atoms with Gasteiger partial charge >= 0.3 is 11.9 Å². The molecule has 11 heteroatoms. The Balaban J connectivity index is 1.30. The number of amides is 2. The topological polar surface area (TPSA) is 146 Å². The van der Waals surface area contributed by atoms with E-state index in [1.165, 1.54) is 35.2 Å². The summed E-state index contributed by atoms with van der Waals surface area (Å²) in [5.74, 6) is -3.66. The summed E-state index contributed by atoms with van der Waals surface area (Å²) in [6.07, 6.45) is 0. The van der Waals surface area contributed by atoms with Gasteiger partial charge in [0, 0.05) is 21.5 Å². The van der Waals surface area contributed by atoms with Gasteiger partial charge in [-0.15, -0.1) is 23.1 Å². The van der Waals surface area contributed by atoms with E-state index >= 15 is 0 Å². The molecule has 43 heavy (non-hydrogen) atoms. The number of thioether (sulfide) groups is 1. The van der Waals surface area contributed by atoms with Gasteiger partial charge in [0.1, 0.15) is 5.25 Å². The van der Waals surface area contributed by atoms with E-state index in [1.54, 1.807) is 24.3 Å². The van der Waals surface area contributed by atoms with Gasteiger partial charge in [0.25, 0.3) is 5.91 Å². The number of nitrogens with zero attached hydrogens (tertiary/aromatic N) is 1. The lowest BCUT2D eigenvalue weighted by atomic mass is 10.0. The first kappa shape index (κ1) is 29.2. The normalized spacial score (nSPS) is 11.3.